The van der Waals surface area contributed by atoms with E-state index in [2.05, 4.69) is 55.6 Å². The lowest BCUT2D eigenvalue weighted by Crippen LogP contribution is -2.26. The van der Waals surface area contributed by atoms with Gasteiger partial charge in [0.05, 0.1) is 0 Å². The molecule has 2 aromatic rings. The van der Waals surface area contributed by atoms with E-state index in [0.717, 1.165) is 10.9 Å². The molecule has 3 rings (SSSR count). The summed E-state index contributed by atoms with van der Waals surface area (Å²) in [6, 6.07) is 17.8. The number of nitrogens with one attached hydrogen (secondary N) is 1. The summed E-state index contributed by atoms with van der Waals surface area (Å²) in [6.07, 6.45) is 2.65. The van der Waals surface area contributed by atoms with E-state index in [-0.39, 0.29) is 0 Å². The van der Waals surface area contributed by atoms with Gasteiger partial charge in [-0.2, -0.15) is 0 Å². The molecule has 0 amide bonds. The Morgan fingerprint density at radius 3 is 2.38 bits per heavy atom. The Morgan fingerprint density at radius 1 is 1.05 bits per heavy atom. The van der Waals surface area contributed by atoms with Crippen LogP contribution >= 0.6 is 11.6 Å². The van der Waals surface area contributed by atoms with Crippen LogP contribution in [-0.2, 0) is 0 Å². The lowest BCUT2D eigenvalue weighted by Gasteiger charge is -2.24. The van der Waals surface area contributed by atoms with Crippen LogP contribution in [-0.4, -0.2) is 0 Å². The predicted molar refractivity (Wildman–Crippen MR) is 89.6 cm³/mol. The van der Waals surface area contributed by atoms with Crippen LogP contribution in [0.1, 0.15) is 48.5 Å². The molecule has 2 aromatic carbocycles. The molecule has 1 N–H and O–H groups in total. The molecule has 1 aliphatic carbocycles. The first-order valence-electron chi connectivity index (χ1n) is 7.71. The average molecular weight is 300 g/mol. The van der Waals surface area contributed by atoms with Gasteiger partial charge in [-0.1, -0.05) is 53.6 Å². The van der Waals surface area contributed by atoms with Gasteiger partial charge in [0.25, 0.3) is 0 Å². The molecule has 110 valence electrons. The van der Waals surface area contributed by atoms with Gasteiger partial charge >= 0.3 is 0 Å². The Labute approximate surface area is 132 Å². The first kappa shape index (κ1) is 14.6. The molecule has 1 nitrogen and oxygen atoms in total. The molecule has 1 unspecified atom stereocenters. The van der Waals surface area contributed by atoms with Gasteiger partial charge in [-0.25, -0.2) is 0 Å². The van der Waals surface area contributed by atoms with Gasteiger partial charge < -0.3 is 5.32 Å². The highest BCUT2D eigenvalue weighted by Crippen LogP contribution is 2.42. The molecule has 2 heteroatoms. The monoisotopic (exact) mass is 299 g/mol. The second-order valence-corrected chi connectivity index (χ2v) is 6.61. The van der Waals surface area contributed by atoms with Crippen LogP contribution in [0.2, 0.25) is 5.02 Å². The number of hydrogen-bond donors (Lipinski definition) is 1. The Morgan fingerprint density at radius 2 is 1.76 bits per heavy atom. The number of hydrogen-bond acceptors (Lipinski definition) is 1. The lowest BCUT2D eigenvalue weighted by molar-refractivity contribution is 0.427. The van der Waals surface area contributed by atoms with Crippen molar-refractivity contribution >= 4 is 11.6 Å². The maximum absolute atomic E-state index is 6.11. The van der Waals surface area contributed by atoms with Crippen molar-refractivity contribution in [2.45, 2.75) is 38.8 Å². The highest BCUT2D eigenvalue weighted by Gasteiger charge is 2.33. The van der Waals surface area contributed by atoms with E-state index in [9.17, 15) is 0 Å². The van der Waals surface area contributed by atoms with Crippen molar-refractivity contribution in [3.8, 4) is 0 Å². The van der Waals surface area contributed by atoms with Gasteiger partial charge in [-0.3, -0.25) is 0 Å². The highest BCUT2D eigenvalue weighted by atomic mass is 35.5. The van der Waals surface area contributed by atoms with E-state index in [4.69, 9.17) is 11.6 Å². The van der Waals surface area contributed by atoms with Crippen LogP contribution in [0, 0.1) is 12.8 Å². The maximum atomic E-state index is 6.11. The van der Waals surface area contributed by atoms with Gasteiger partial charge in [0.2, 0.25) is 0 Å². The van der Waals surface area contributed by atoms with E-state index in [1.165, 1.54) is 29.5 Å². The second kappa shape index (κ2) is 6.21. The summed E-state index contributed by atoms with van der Waals surface area (Å²) in [4.78, 5) is 0. The summed E-state index contributed by atoms with van der Waals surface area (Å²) >= 11 is 6.11. The molecule has 1 fully saturated rings. The Bertz CT molecular complexity index is 601. The molecule has 0 saturated heterocycles. The van der Waals surface area contributed by atoms with E-state index >= 15 is 0 Å². The molecule has 0 spiro atoms. The first-order chi connectivity index (χ1) is 10.1. The molecule has 1 aliphatic rings. The third-order valence-electron chi connectivity index (χ3n) is 4.31. The molecule has 0 aliphatic heterocycles. The summed E-state index contributed by atoms with van der Waals surface area (Å²) < 4.78 is 0. The average Bonchev–Trinajstić information content (AvgIpc) is 3.30. The van der Waals surface area contributed by atoms with Crippen molar-refractivity contribution in [1.82, 2.24) is 5.32 Å². The van der Waals surface area contributed by atoms with Gasteiger partial charge in [0.15, 0.2) is 0 Å². The minimum absolute atomic E-state index is 0.301. The van der Waals surface area contributed by atoms with Crippen LogP contribution < -0.4 is 5.32 Å². The Hall–Kier alpha value is -1.31. The molecule has 21 heavy (non-hydrogen) atoms. The maximum Gasteiger partial charge on any atom is 0.0409 e. The number of benzene rings is 2. The first-order valence-corrected chi connectivity index (χ1v) is 8.09. The summed E-state index contributed by atoms with van der Waals surface area (Å²) in [7, 11) is 0. The number of halogens is 1. The number of rotatable bonds is 5. The Kier molecular flexibility index (Phi) is 4.32. The molecule has 0 heterocycles. The molecule has 1 saturated carbocycles. The molecule has 2 atom stereocenters. The van der Waals surface area contributed by atoms with E-state index in [0.29, 0.717) is 12.1 Å². The third kappa shape index (κ3) is 3.66. The molecular formula is C19H22ClN. The van der Waals surface area contributed by atoms with Gasteiger partial charge in [-0.15, -0.1) is 0 Å². The zero-order chi connectivity index (χ0) is 14.8. The van der Waals surface area contributed by atoms with Crippen LogP contribution in [0.3, 0.4) is 0 Å². The van der Waals surface area contributed by atoms with Crippen molar-refractivity contribution in [3.63, 3.8) is 0 Å². The fraction of sp³-hybridized carbons (Fsp3) is 0.368. The molecule has 0 radical (unpaired) electrons. The van der Waals surface area contributed by atoms with E-state index in [1.54, 1.807) is 0 Å². The molecule has 0 bridgehead atoms. The fourth-order valence-electron chi connectivity index (χ4n) is 2.85. The quantitative estimate of drug-likeness (QED) is 0.774. The largest absolute Gasteiger partial charge is 0.303 e. The van der Waals surface area contributed by atoms with Crippen LogP contribution in [0.15, 0.2) is 48.5 Å². The smallest absolute Gasteiger partial charge is 0.0409 e. The standard InChI is InChI=1S/C19H22ClN/c1-13-6-8-15(9-7-13)19(16-10-11-16)21-14(2)17-4-3-5-18(20)12-17/h3-9,12,14,16,19,21H,10-11H2,1-2H3/t14-,19?/m0/s1. The Balaban J connectivity index is 1.77. The van der Waals surface area contributed by atoms with Crippen molar-refractivity contribution in [3.05, 3.63) is 70.2 Å². The lowest BCUT2D eigenvalue weighted by atomic mass is 9.98. The molecule has 0 aromatic heterocycles. The topological polar surface area (TPSA) is 12.0 Å². The van der Waals surface area contributed by atoms with Crippen molar-refractivity contribution in [2.24, 2.45) is 5.92 Å². The highest BCUT2D eigenvalue weighted by molar-refractivity contribution is 6.30. The molecular weight excluding hydrogens is 278 g/mol. The van der Waals surface area contributed by atoms with Crippen LogP contribution in [0.4, 0.5) is 0 Å². The van der Waals surface area contributed by atoms with Crippen molar-refractivity contribution < 1.29 is 0 Å². The second-order valence-electron chi connectivity index (χ2n) is 6.17. The summed E-state index contributed by atoms with van der Waals surface area (Å²) in [5.41, 5.74) is 3.97. The zero-order valence-corrected chi connectivity index (χ0v) is 13.4. The van der Waals surface area contributed by atoms with Gasteiger partial charge in [0.1, 0.15) is 0 Å². The van der Waals surface area contributed by atoms with E-state index < -0.39 is 0 Å². The summed E-state index contributed by atoms with van der Waals surface area (Å²) in [5, 5.41) is 4.60. The van der Waals surface area contributed by atoms with E-state index in [1.807, 2.05) is 12.1 Å². The van der Waals surface area contributed by atoms with Gasteiger partial charge in [-0.05, 0) is 55.9 Å². The van der Waals surface area contributed by atoms with Gasteiger partial charge in [0, 0.05) is 17.1 Å². The number of aryl methyl sites for hydroxylation is 1. The fourth-order valence-corrected chi connectivity index (χ4v) is 3.05. The summed E-state index contributed by atoms with van der Waals surface area (Å²) in [6.45, 7) is 4.35. The third-order valence-corrected chi connectivity index (χ3v) is 4.54. The normalized spacial score (nSPS) is 17.5. The zero-order valence-electron chi connectivity index (χ0n) is 12.6. The van der Waals surface area contributed by atoms with Crippen molar-refractivity contribution in [2.75, 3.05) is 0 Å². The van der Waals surface area contributed by atoms with Crippen molar-refractivity contribution in [1.29, 1.82) is 0 Å². The minimum Gasteiger partial charge on any atom is -0.303 e. The van der Waals surface area contributed by atoms with Crippen LogP contribution in [0.25, 0.3) is 0 Å². The minimum atomic E-state index is 0.301. The summed E-state index contributed by atoms with van der Waals surface area (Å²) in [5.74, 6) is 0.773. The SMILES string of the molecule is Cc1ccc(C(N[C@@H](C)c2cccc(Cl)c2)C2CC2)cc1. The predicted octanol–water partition coefficient (Wildman–Crippen LogP) is 5.45. The van der Waals surface area contributed by atoms with Crippen LogP contribution in [0.5, 0.6) is 0 Å².